The number of hydrogen-bond donors (Lipinski definition) is 0. The summed E-state index contributed by atoms with van der Waals surface area (Å²) in [6, 6.07) is 66.1. The quantitative estimate of drug-likeness (QED) is 0.171. The number of rotatable bonds is 6. The maximum atomic E-state index is 6.36. The van der Waals surface area contributed by atoms with Crippen LogP contribution in [0.4, 0.5) is 11.4 Å². The largest absolute Gasteiger partial charge is 0.456 e. The van der Waals surface area contributed by atoms with Gasteiger partial charge in [0.1, 0.15) is 11.0 Å². The third-order valence-electron chi connectivity index (χ3n) is 11.9. The molecule has 0 N–H and O–H groups in total. The lowest BCUT2D eigenvalue weighted by atomic mass is 9.68. The monoisotopic (exact) mass is 703 g/mol. The lowest BCUT2D eigenvalue weighted by molar-refractivity contribution is 0.560. The molecule has 0 radical (unpaired) electrons. The van der Waals surface area contributed by atoms with Crippen LogP contribution in [-0.4, -0.2) is 0 Å². The Bertz CT molecular complexity index is 2870. The molecule has 8 aromatic rings. The molecule has 2 heteroatoms. The van der Waals surface area contributed by atoms with E-state index in [0.717, 1.165) is 28.1 Å². The van der Waals surface area contributed by atoms with Crippen LogP contribution >= 0.6 is 0 Å². The summed E-state index contributed by atoms with van der Waals surface area (Å²) in [6.07, 6.45) is 11.8. The molecule has 0 saturated heterocycles. The molecule has 3 aliphatic carbocycles. The predicted octanol–water partition coefficient (Wildman–Crippen LogP) is 11.6. The van der Waals surface area contributed by atoms with Crippen molar-refractivity contribution in [3.05, 3.63) is 239 Å². The summed E-state index contributed by atoms with van der Waals surface area (Å²) in [6.45, 7) is 0. The Morgan fingerprint density at radius 3 is 1.73 bits per heavy atom. The van der Waals surface area contributed by atoms with Crippen molar-refractivity contribution >= 4 is 34.5 Å². The number of anilines is 2. The highest BCUT2D eigenvalue weighted by atomic mass is 16.3. The molecule has 1 unspecified atom stereocenters. The average Bonchev–Trinajstić information content (AvgIpc) is 3.77. The van der Waals surface area contributed by atoms with Gasteiger partial charge < -0.3 is 9.32 Å². The standard InChI is InChI=1S/C53H37NO/c1-3-13-36(14-4-1)37-23-28-42(29-24-37)54(44-30-25-38-34-48-47-19-9-12-22-51(47)55-52(48)35-39(38)33-44)43-31-26-41(27-32-43)53(40-15-5-2-6-16-40)49-20-10-7-17-45(49)46-18-8-11-21-50(46)53/h1-35,38-39H/t38-,39?/m0/s1. The number of benzene rings is 7. The minimum atomic E-state index is -0.441. The van der Waals surface area contributed by atoms with Crippen molar-refractivity contribution in [2.75, 3.05) is 4.90 Å². The molecule has 0 saturated carbocycles. The van der Waals surface area contributed by atoms with Crippen molar-refractivity contribution in [3.8, 4) is 22.3 Å². The van der Waals surface area contributed by atoms with Crippen LogP contribution in [0, 0.1) is 11.8 Å². The highest BCUT2D eigenvalue weighted by Crippen LogP contribution is 2.56. The molecule has 0 bridgehead atoms. The fourth-order valence-corrected chi connectivity index (χ4v) is 9.38. The molecular formula is C53H37NO. The Hall–Kier alpha value is -6.90. The van der Waals surface area contributed by atoms with Crippen molar-refractivity contribution in [1.29, 1.82) is 0 Å². The minimum absolute atomic E-state index is 0.172. The van der Waals surface area contributed by atoms with Crippen LogP contribution in [0.15, 0.2) is 210 Å². The SMILES string of the molecule is C1=C[C@H]2C=c3c(oc4ccccc34)=CC2C=C1N(c1ccc(-c2ccccc2)cc1)c1ccc(C2(c3ccccc3)c3ccccc3-c3ccccc32)cc1. The molecule has 260 valence electrons. The number of furan rings is 1. The fraction of sp³-hybridized carbons (Fsp3) is 0.0566. The molecule has 11 rings (SSSR count). The first-order chi connectivity index (χ1) is 27.3. The second kappa shape index (κ2) is 12.6. The Morgan fingerprint density at radius 1 is 0.455 bits per heavy atom. The van der Waals surface area contributed by atoms with E-state index in [-0.39, 0.29) is 11.8 Å². The van der Waals surface area contributed by atoms with Crippen LogP contribution in [0.2, 0.25) is 0 Å². The molecule has 55 heavy (non-hydrogen) atoms. The van der Waals surface area contributed by atoms with E-state index in [0.29, 0.717) is 0 Å². The highest BCUT2D eigenvalue weighted by Gasteiger charge is 2.45. The van der Waals surface area contributed by atoms with Gasteiger partial charge in [0.05, 0.1) is 5.41 Å². The maximum Gasteiger partial charge on any atom is 0.135 e. The molecule has 7 aromatic carbocycles. The van der Waals surface area contributed by atoms with Gasteiger partial charge in [-0.1, -0.05) is 170 Å². The third kappa shape index (κ3) is 4.95. The van der Waals surface area contributed by atoms with Gasteiger partial charge in [-0.15, -0.1) is 0 Å². The Kier molecular flexibility index (Phi) is 7.25. The van der Waals surface area contributed by atoms with Crippen molar-refractivity contribution in [1.82, 2.24) is 0 Å². The summed E-state index contributed by atoms with van der Waals surface area (Å²) < 4.78 is 6.36. The van der Waals surface area contributed by atoms with Gasteiger partial charge in [0.2, 0.25) is 0 Å². The summed E-state index contributed by atoms with van der Waals surface area (Å²) in [5.41, 5.74) is 15.0. The number of fused-ring (bicyclic) bond motifs is 7. The molecule has 3 aliphatic rings. The van der Waals surface area contributed by atoms with Crippen LogP contribution < -0.4 is 15.5 Å². The van der Waals surface area contributed by atoms with E-state index < -0.39 is 5.41 Å². The van der Waals surface area contributed by atoms with Crippen LogP contribution in [0.25, 0.3) is 45.4 Å². The smallest absolute Gasteiger partial charge is 0.135 e. The fourth-order valence-electron chi connectivity index (χ4n) is 9.38. The Labute approximate surface area is 321 Å². The van der Waals surface area contributed by atoms with Crippen molar-refractivity contribution in [2.24, 2.45) is 11.8 Å². The number of hydrogen-bond acceptors (Lipinski definition) is 2. The van der Waals surface area contributed by atoms with E-state index in [9.17, 15) is 0 Å². The zero-order valence-corrected chi connectivity index (χ0v) is 30.2. The van der Waals surface area contributed by atoms with Crippen LogP contribution in [0.1, 0.15) is 22.3 Å². The summed E-state index contributed by atoms with van der Waals surface area (Å²) in [4.78, 5) is 2.40. The van der Waals surface area contributed by atoms with E-state index in [2.05, 4.69) is 211 Å². The second-order valence-electron chi connectivity index (χ2n) is 14.8. The lowest BCUT2D eigenvalue weighted by Gasteiger charge is -2.35. The summed E-state index contributed by atoms with van der Waals surface area (Å²) >= 11 is 0. The summed E-state index contributed by atoms with van der Waals surface area (Å²) in [5.74, 6) is 0.432. The van der Waals surface area contributed by atoms with Gasteiger partial charge in [0.25, 0.3) is 0 Å². The van der Waals surface area contributed by atoms with Crippen LogP contribution in [0.5, 0.6) is 0 Å². The Morgan fingerprint density at radius 2 is 1.02 bits per heavy atom. The number of para-hydroxylation sites is 1. The van der Waals surface area contributed by atoms with Gasteiger partial charge in [-0.05, 0) is 87.0 Å². The first-order valence-electron chi connectivity index (χ1n) is 19.2. The van der Waals surface area contributed by atoms with Crippen LogP contribution in [-0.2, 0) is 5.41 Å². The Balaban J connectivity index is 1.06. The summed E-state index contributed by atoms with van der Waals surface area (Å²) in [7, 11) is 0. The molecular weight excluding hydrogens is 667 g/mol. The minimum Gasteiger partial charge on any atom is -0.456 e. The topological polar surface area (TPSA) is 16.4 Å². The van der Waals surface area contributed by atoms with Gasteiger partial charge in [-0.25, -0.2) is 0 Å². The predicted molar refractivity (Wildman–Crippen MR) is 226 cm³/mol. The first-order valence-corrected chi connectivity index (χ1v) is 19.2. The molecule has 1 heterocycles. The maximum absolute atomic E-state index is 6.36. The van der Waals surface area contributed by atoms with Gasteiger partial charge in [0, 0.05) is 39.5 Å². The molecule has 2 nitrogen and oxygen atoms in total. The molecule has 2 atom stereocenters. The lowest BCUT2D eigenvalue weighted by Crippen LogP contribution is -2.31. The molecule has 0 fully saturated rings. The van der Waals surface area contributed by atoms with Gasteiger partial charge in [-0.3, -0.25) is 0 Å². The van der Waals surface area contributed by atoms with E-state index in [4.69, 9.17) is 4.42 Å². The number of nitrogens with zero attached hydrogens (tertiary/aromatic N) is 1. The highest BCUT2D eigenvalue weighted by molar-refractivity contribution is 5.87. The van der Waals surface area contributed by atoms with Gasteiger partial charge in [-0.2, -0.15) is 0 Å². The third-order valence-corrected chi connectivity index (χ3v) is 11.9. The van der Waals surface area contributed by atoms with Crippen molar-refractivity contribution in [3.63, 3.8) is 0 Å². The zero-order chi connectivity index (χ0) is 36.3. The molecule has 0 amide bonds. The van der Waals surface area contributed by atoms with E-state index >= 15 is 0 Å². The normalized spacial score (nSPS) is 17.2. The second-order valence-corrected chi connectivity index (χ2v) is 14.8. The van der Waals surface area contributed by atoms with Crippen molar-refractivity contribution < 1.29 is 4.42 Å². The average molecular weight is 704 g/mol. The molecule has 0 spiro atoms. The molecule has 1 aromatic heterocycles. The van der Waals surface area contributed by atoms with Gasteiger partial charge >= 0.3 is 0 Å². The summed E-state index contributed by atoms with van der Waals surface area (Å²) in [5, 5.41) is 2.38. The van der Waals surface area contributed by atoms with E-state index in [1.165, 1.54) is 55.1 Å². The van der Waals surface area contributed by atoms with Gasteiger partial charge in [0.15, 0.2) is 0 Å². The zero-order valence-electron chi connectivity index (χ0n) is 30.2. The van der Waals surface area contributed by atoms with Crippen LogP contribution in [0.3, 0.4) is 0 Å². The molecule has 0 aliphatic heterocycles. The van der Waals surface area contributed by atoms with E-state index in [1.807, 2.05) is 6.07 Å². The number of allylic oxidation sites excluding steroid dienone is 3. The first kappa shape index (κ1) is 31.6. The van der Waals surface area contributed by atoms with E-state index in [1.54, 1.807) is 0 Å². The van der Waals surface area contributed by atoms with Crippen molar-refractivity contribution in [2.45, 2.75) is 5.41 Å².